The number of nitrogens with one attached hydrogen (secondary N) is 1. The van der Waals surface area contributed by atoms with Gasteiger partial charge in [-0.05, 0) is 37.1 Å². The number of benzene rings is 1. The van der Waals surface area contributed by atoms with E-state index in [9.17, 15) is 4.79 Å². The lowest BCUT2D eigenvalue weighted by Gasteiger charge is -2.23. The molecule has 0 atom stereocenters. The molecule has 1 aromatic rings. The van der Waals surface area contributed by atoms with Crippen LogP contribution in [-0.4, -0.2) is 5.78 Å². The second-order valence-corrected chi connectivity index (χ2v) is 4.78. The summed E-state index contributed by atoms with van der Waals surface area (Å²) in [5.74, 6) is 0.292. The Bertz CT molecular complexity index is 691. The van der Waals surface area contributed by atoms with Gasteiger partial charge in [-0.2, -0.15) is 15.8 Å². The van der Waals surface area contributed by atoms with E-state index in [4.69, 9.17) is 15.8 Å². The lowest BCUT2D eigenvalue weighted by molar-refractivity contribution is 0.0855. The zero-order valence-corrected chi connectivity index (χ0v) is 11.3. The van der Waals surface area contributed by atoms with Gasteiger partial charge in [-0.1, -0.05) is 6.42 Å². The third kappa shape index (κ3) is 3.08. The second kappa shape index (κ2) is 6.37. The summed E-state index contributed by atoms with van der Waals surface area (Å²) in [6.45, 7) is 0. The van der Waals surface area contributed by atoms with Gasteiger partial charge >= 0.3 is 0 Å². The fraction of sp³-hybridized carbons (Fsp3) is 0.250. The van der Waals surface area contributed by atoms with Crippen molar-refractivity contribution in [2.75, 3.05) is 5.32 Å². The molecule has 1 aliphatic carbocycles. The zero-order valence-electron chi connectivity index (χ0n) is 11.3. The predicted molar refractivity (Wildman–Crippen MR) is 75.6 cm³/mol. The largest absolute Gasteiger partial charge is 0.345 e. The Morgan fingerprint density at radius 3 is 2.10 bits per heavy atom. The number of allylic oxidation sites excluding steroid dienone is 2. The van der Waals surface area contributed by atoms with Crippen molar-refractivity contribution in [1.29, 1.82) is 15.8 Å². The molecule has 0 saturated heterocycles. The maximum Gasteiger partial charge on any atom is 0.165 e. The SMILES string of the molecule is N#CC(C#N)=C(C#N)Nc1ccc(C(=O)C2CCC2)cc1. The quantitative estimate of drug-likeness (QED) is 0.673. The molecule has 0 aromatic heterocycles. The minimum Gasteiger partial charge on any atom is -0.345 e. The van der Waals surface area contributed by atoms with Crippen LogP contribution in [0.3, 0.4) is 0 Å². The number of carbonyl (C=O) groups excluding carboxylic acids is 1. The molecule has 1 fully saturated rings. The molecule has 21 heavy (non-hydrogen) atoms. The van der Waals surface area contributed by atoms with Gasteiger partial charge in [0.05, 0.1) is 0 Å². The van der Waals surface area contributed by atoms with Crippen LogP contribution in [0, 0.1) is 39.9 Å². The summed E-state index contributed by atoms with van der Waals surface area (Å²) < 4.78 is 0. The van der Waals surface area contributed by atoms with Gasteiger partial charge in [0.25, 0.3) is 0 Å². The first-order chi connectivity index (χ1) is 10.2. The first kappa shape index (κ1) is 14.3. The van der Waals surface area contributed by atoms with Crippen LogP contribution in [-0.2, 0) is 0 Å². The molecular formula is C16H12N4O. The van der Waals surface area contributed by atoms with E-state index in [2.05, 4.69) is 5.32 Å². The van der Waals surface area contributed by atoms with E-state index >= 15 is 0 Å². The van der Waals surface area contributed by atoms with Crippen LogP contribution in [0.15, 0.2) is 35.5 Å². The number of nitriles is 3. The molecule has 0 radical (unpaired) electrons. The molecule has 2 rings (SSSR count). The Morgan fingerprint density at radius 2 is 1.67 bits per heavy atom. The average Bonchev–Trinajstić information content (AvgIpc) is 2.46. The van der Waals surface area contributed by atoms with E-state index in [0.29, 0.717) is 11.3 Å². The van der Waals surface area contributed by atoms with E-state index in [1.807, 2.05) is 0 Å². The van der Waals surface area contributed by atoms with Crippen LogP contribution in [0.5, 0.6) is 0 Å². The molecule has 1 aromatic carbocycles. The number of ketones is 1. The van der Waals surface area contributed by atoms with E-state index < -0.39 is 0 Å². The maximum atomic E-state index is 12.0. The highest BCUT2D eigenvalue weighted by Crippen LogP contribution is 2.30. The second-order valence-electron chi connectivity index (χ2n) is 4.78. The molecule has 0 unspecified atom stereocenters. The lowest BCUT2D eigenvalue weighted by Crippen LogP contribution is -2.21. The molecule has 0 heterocycles. The van der Waals surface area contributed by atoms with Gasteiger partial charge in [0.2, 0.25) is 0 Å². The third-order valence-electron chi connectivity index (χ3n) is 3.50. The van der Waals surface area contributed by atoms with Crippen molar-refractivity contribution in [2.24, 2.45) is 5.92 Å². The fourth-order valence-electron chi connectivity index (χ4n) is 2.05. The van der Waals surface area contributed by atoms with Gasteiger partial charge in [0.1, 0.15) is 23.9 Å². The molecule has 5 nitrogen and oxygen atoms in total. The smallest absolute Gasteiger partial charge is 0.165 e. The standard InChI is InChI=1S/C16H12N4O/c17-8-13(9-18)15(10-19)20-14-6-4-12(5-7-14)16(21)11-2-1-3-11/h4-7,11,20H,1-3H2. The number of rotatable bonds is 4. The van der Waals surface area contributed by atoms with Gasteiger partial charge in [-0.15, -0.1) is 0 Å². The maximum absolute atomic E-state index is 12.0. The first-order valence-electron chi connectivity index (χ1n) is 6.55. The molecule has 0 aliphatic heterocycles. The molecule has 5 heteroatoms. The summed E-state index contributed by atoms with van der Waals surface area (Å²) in [6.07, 6.45) is 3.01. The van der Waals surface area contributed by atoms with Crippen molar-refractivity contribution in [3.05, 3.63) is 41.1 Å². The van der Waals surface area contributed by atoms with E-state index in [1.54, 1.807) is 42.5 Å². The van der Waals surface area contributed by atoms with Crippen molar-refractivity contribution in [1.82, 2.24) is 0 Å². The van der Waals surface area contributed by atoms with Gasteiger partial charge in [0, 0.05) is 17.2 Å². The fourth-order valence-corrected chi connectivity index (χ4v) is 2.05. The molecule has 1 N–H and O–H groups in total. The molecular weight excluding hydrogens is 264 g/mol. The van der Waals surface area contributed by atoms with Crippen molar-refractivity contribution in [2.45, 2.75) is 19.3 Å². The number of Topliss-reactive ketones (excluding diaryl/α,β-unsaturated/α-hetero) is 1. The number of hydrogen-bond donors (Lipinski definition) is 1. The molecule has 1 aliphatic rings. The average molecular weight is 276 g/mol. The molecule has 1 saturated carbocycles. The topological polar surface area (TPSA) is 100 Å². The lowest BCUT2D eigenvalue weighted by atomic mass is 9.80. The summed E-state index contributed by atoms with van der Waals surface area (Å²) in [5.41, 5.74) is 0.832. The van der Waals surface area contributed by atoms with E-state index in [0.717, 1.165) is 19.3 Å². The minimum atomic E-state index is -0.271. The normalized spacial score (nSPS) is 13.0. The monoisotopic (exact) mass is 276 g/mol. The number of anilines is 1. The molecule has 102 valence electrons. The van der Waals surface area contributed by atoms with E-state index in [-0.39, 0.29) is 23.0 Å². The highest BCUT2D eigenvalue weighted by Gasteiger charge is 2.25. The zero-order chi connectivity index (χ0) is 15.2. The number of hydrogen-bond acceptors (Lipinski definition) is 5. The number of nitrogens with zero attached hydrogens (tertiary/aromatic N) is 3. The number of carbonyl (C=O) groups is 1. The van der Waals surface area contributed by atoms with Crippen LogP contribution < -0.4 is 5.32 Å². The summed E-state index contributed by atoms with van der Waals surface area (Å²) in [4.78, 5) is 12.0. The van der Waals surface area contributed by atoms with Crippen molar-refractivity contribution in [3.8, 4) is 18.2 Å². The van der Waals surface area contributed by atoms with Crippen LogP contribution in [0.2, 0.25) is 0 Å². The van der Waals surface area contributed by atoms with Gasteiger partial charge in [0.15, 0.2) is 11.4 Å². The minimum absolute atomic E-state index is 0.0990. The first-order valence-corrected chi connectivity index (χ1v) is 6.55. The molecule has 0 bridgehead atoms. The summed E-state index contributed by atoms with van der Waals surface area (Å²) in [7, 11) is 0. The molecule has 0 amide bonds. The Morgan fingerprint density at radius 1 is 1.05 bits per heavy atom. The van der Waals surface area contributed by atoms with Gasteiger partial charge in [-0.25, -0.2) is 0 Å². The Kier molecular flexibility index (Phi) is 4.34. The summed E-state index contributed by atoms with van der Waals surface area (Å²) in [5, 5.41) is 29.2. The third-order valence-corrected chi connectivity index (χ3v) is 3.50. The van der Waals surface area contributed by atoms with Crippen molar-refractivity contribution >= 4 is 11.5 Å². The van der Waals surface area contributed by atoms with Crippen LogP contribution in [0.1, 0.15) is 29.6 Å². The van der Waals surface area contributed by atoms with E-state index in [1.165, 1.54) is 0 Å². The van der Waals surface area contributed by atoms with Crippen LogP contribution in [0.25, 0.3) is 0 Å². The molecule has 0 spiro atoms. The van der Waals surface area contributed by atoms with Gasteiger partial charge < -0.3 is 5.32 Å². The van der Waals surface area contributed by atoms with Crippen LogP contribution >= 0.6 is 0 Å². The Labute approximate surface area is 122 Å². The van der Waals surface area contributed by atoms with Crippen molar-refractivity contribution in [3.63, 3.8) is 0 Å². The highest BCUT2D eigenvalue weighted by molar-refractivity contribution is 5.98. The van der Waals surface area contributed by atoms with Crippen molar-refractivity contribution < 1.29 is 4.79 Å². The Hall–Kier alpha value is -3.10. The highest BCUT2D eigenvalue weighted by atomic mass is 16.1. The predicted octanol–water partition coefficient (Wildman–Crippen LogP) is 2.91. The summed E-state index contributed by atoms with van der Waals surface area (Å²) >= 11 is 0. The van der Waals surface area contributed by atoms with Crippen LogP contribution in [0.4, 0.5) is 5.69 Å². The Balaban J connectivity index is 2.15. The van der Waals surface area contributed by atoms with Gasteiger partial charge in [-0.3, -0.25) is 4.79 Å². The summed E-state index contributed by atoms with van der Waals surface area (Å²) in [6, 6.07) is 11.8.